The monoisotopic (exact) mass is 271 g/mol. The molecule has 4 nitrogen and oxygen atoms in total. The van der Waals surface area contributed by atoms with Crippen molar-refractivity contribution in [2.75, 3.05) is 19.0 Å². The minimum absolute atomic E-state index is 0.0731. The van der Waals surface area contributed by atoms with Gasteiger partial charge in [-0.3, -0.25) is 0 Å². The summed E-state index contributed by atoms with van der Waals surface area (Å²) < 4.78 is 6.49. The van der Waals surface area contributed by atoms with Gasteiger partial charge in [0.25, 0.3) is 0 Å². The van der Waals surface area contributed by atoms with E-state index >= 15 is 0 Å². The maximum Gasteiger partial charge on any atom is 0.159 e. The fourth-order valence-electron chi connectivity index (χ4n) is 1.67. The number of anilines is 1. The highest BCUT2D eigenvalue weighted by molar-refractivity contribution is 9.10. The fraction of sp³-hybridized carbons (Fsp3) is 0.600. The molecule has 0 aromatic carbocycles. The van der Waals surface area contributed by atoms with Crippen molar-refractivity contribution in [3.05, 3.63) is 16.0 Å². The maximum absolute atomic E-state index is 5.57. The molecule has 0 spiro atoms. The van der Waals surface area contributed by atoms with Crippen molar-refractivity contribution in [2.24, 2.45) is 0 Å². The topological polar surface area (TPSA) is 47.0 Å². The third-order valence-corrected chi connectivity index (χ3v) is 3.44. The molecule has 2 heterocycles. The summed E-state index contributed by atoms with van der Waals surface area (Å²) in [5.41, 5.74) is 0.944. The van der Waals surface area contributed by atoms with Crippen LogP contribution in [0.5, 0.6) is 0 Å². The largest absolute Gasteiger partial charge is 0.372 e. The molecular formula is C10H14BrN3O. The first-order chi connectivity index (χ1) is 7.22. The second-order valence-corrected chi connectivity index (χ2v) is 4.37. The number of aryl methyl sites for hydroxylation is 1. The fourth-order valence-corrected chi connectivity index (χ4v) is 2.05. The zero-order valence-electron chi connectivity index (χ0n) is 8.88. The molecule has 0 radical (unpaired) electrons. The Morgan fingerprint density at radius 1 is 1.47 bits per heavy atom. The summed E-state index contributed by atoms with van der Waals surface area (Å²) in [4.78, 5) is 8.88. The number of hydrogen-bond donors (Lipinski definition) is 1. The highest BCUT2D eigenvalue weighted by atomic mass is 79.9. The van der Waals surface area contributed by atoms with Crippen molar-refractivity contribution >= 4 is 21.7 Å². The van der Waals surface area contributed by atoms with E-state index in [4.69, 9.17) is 4.74 Å². The van der Waals surface area contributed by atoms with Crippen molar-refractivity contribution in [2.45, 2.75) is 25.9 Å². The number of halogens is 1. The molecule has 1 aliphatic heterocycles. The predicted octanol–water partition coefficient (Wildman–Crippen LogP) is 2.44. The van der Waals surface area contributed by atoms with Crippen molar-refractivity contribution in [1.29, 1.82) is 0 Å². The minimum Gasteiger partial charge on any atom is -0.372 e. The molecule has 1 aromatic rings. The molecule has 1 fully saturated rings. The Kier molecular flexibility index (Phi) is 3.21. The van der Waals surface area contributed by atoms with Gasteiger partial charge in [0.15, 0.2) is 5.82 Å². The minimum atomic E-state index is 0.0731. The zero-order valence-corrected chi connectivity index (χ0v) is 10.5. The van der Waals surface area contributed by atoms with E-state index < -0.39 is 0 Å². The summed E-state index contributed by atoms with van der Waals surface area (Å²) in [6.45, 7) is 2.78. The molecule has 0 saturated carbocycles. The first-order valence-corrected chi connectivity index (χ1v) is 5.85. The van der Waals surface area contributed by atoms with E-state index in [1.165, 1.54) is 0 Å². The van der Waals surface area contributed by atoms with Gasteiger partial charge >= 0.3 is 0 Å². The smallest absolute Gasteiger partial charge is 0.159 e. The number of nitrogens with one attached hydrogen (secondary N) is 1. The van der Waals surface area contributed by atoms with Gasteiger partial charge in [-0.05, 0) is 35.7 Å². The van der Waals surface area contributed by atoms with Crippen LogP contribution in [0.15, 0.2) is 4.47 Å². The van der Waals surface area contributed by atoms with Crippen LogP contribution in [-0.2, 0) is 4.74 Å². The Morgan fingerprint density at radius 3 is 2.87 bits per heavy atom. The van der Waals surface area contributed by atoms with E-state index in [2.05, 4.69) is 31.2 Å². The zero-order chi connectivity index (χ0) is 10.8. The maximum atomic E-state index is 5.57. The van der Waals surface area contributed by atoms with Crippen LogP contribution in [-0.4, -0.2) is 23.6 Å². The lowest BCUT2D eigenvalue weighted by Crippen LogP contribution is -2.07. The van der Waals surface area contributed by atoms with Crippen LogP contribution in [0.4, 0.5) is 5.82 Å². The molecule has 1 aromatic heterocycles. The van der Waals surface area contributed by atoms with Gasteiger partial charge in [0.1, 0.15) is 11.9 Å². The van der Waals surface area contributed by atoms with Crippen LogP contribution in [0.1, 0.15) is 30.5 Å². The number of aromatic nitrogens is 2. The summed E-state index contributed by atoms with van der Waals surface area (Å²) in [5.74, 6) is 1.62. The quantitative estimate of drug-likeness (QED) is 0.898. The molecular weight excluding hydrogens is 258 g/mol. The normalized spacial score (nSPS) is 20.6. The van der Waals surface area contributed by atoms with Gasteiger partial charge in [-0.15, -0.1) is 0 Å². The number of ether oxygens (including phenoxy) is 1. The van der Waals surface area contributed by atoms with Gasteiger partial charge in [-0.1, -0.05) is 0 Å². The van der Waals surface area contributed by atoms with Crippen molar-refractivity contribution in [3.63, 3.8) is 0 Å². The van der Waals surface area contributed by atoms with E-state index in [1.54, 1.807) is 0 Å². The summed E-state index contributed by atoms with van der Waals surface area (Å²) >= 11 is 3.45. The summed E-state index contributed by atoms with van der Waals surface area (Å²) in [6.07, 6.45) is 2.19. The average Bonchev–Trinajstić information content (AvgIpc) is 2.75. The van der Waals surface area contributed by atoms with Gasteiger partial charge in [0.2, 0.25) is 0 Å². The van der Waals surface area contributed by atoms with Crippen LogP contribution in [0.3, 0.4) is 0 Å². The summed E-state index contributed by atoms with van der Waals surface area (Å²) in [6, 6.07) is 0. The van der Waals surface area contributed by atoms with Gasteiger partial charge in [-0.2, -0.15) is 0 Å². The number of rotatable bonds is 2. The molecule has 1 atom stereocenters. The standard InChI is InChI=1S/C10H14BrN3O/c1-6-8(11)10(12-2)14-9(13-6)7-4-3-5-15-7/h7H,3-5H2,1-2H3,(H,12,13,14). The molecule has 15 heavy (non-hydrogen) atoms. The van der Waals surface area contributed by atoms with Crippen LogP contribution in [0.25, 0.3) is 0 Å². The van der Waals surface area contributed by atoms with Crippen molar-refractivity contribution in [1.82, 2.24) is 9.97 Å². The molecule has 1 saturated heterocycles. The Morgan fingerprint density at radius 2 is 2.27 bits per heavy atom. The van der Waals surface area contributed by atoms with E-state index in [-0.39, 0.29) is 6.10 Å². The van der Waals surface area contributed by atoms with Crippen LogP contribution in [0, 0.1) is 6.92 Å². The number of hydrogen-bond acceptors (Lipinski definition) is 4. The lowest BCUT2D eigenvalue weighted by atomic mass is 10.2. The second-order valence-electron chi connectivity index (χ2n) is 3.58. The van der Waals surface area contributed by atoms with Gasteiger partial charge < -0.3 is 10.1 Å². The van der Waals surface area contributed by atoms with E-state index in [9.17, 15) is 0 Å². The third kappa shape index (κ3) is 2.13. The van der Waals surface area contributed by atoms with Gasteiger partial charge in [-0.25, -0.2) is 9.97 Å². The number of nitrogens with zero attached hydrogens (tertiary/aromatic N) is 2. The molecule has 1 N–H and O–H groups in total. The molecule has 0 amide bonds. The molecule has 0 bridgehead atoms. The SMILES string of the molecule is CNc1nc(C2CCCO2)nc(C)c1Br. The highest BCUT2D eigenvalue weighted by Gasteiger charge is 2.22. The highest BCUT2D eigenvalue weighted by Crippen LogP contribution is 2.30. The van der Waals surface area contributed by atoms with Crippen LogP contribution in [0.2, 0.25) is 0 Å². The van der Waals surface area contributed by atoms with E-state index in [0.717, 1.165) is 41.3 Å². The Hall–Kier alpha value is -0.680. The Balaban J connectivity index is 2.35. The summed E-state index contributed by atoms with van der Waals surface area (Å²) in [7, 11) is 1.85. The lowest BCUT2D eigenvalue weighted by molar-refractivity contribution is 0.105. The predicted molar refractivity (Wildman–Crippen MR) is 61.9 cm³/mol. The van der Waals surface area contributed by atoms with Crippen molar-refractivity contribution < 1.29 is 4.74 Å². The van der Waals surface area contributed by atoms with Crippen LogP contribution >= 0.6 is 15.9 Å². The molecule has 1 unspecified atom stereocenters. The van der Waals surface area contributed by atoms with Crippen molar-refractivity contribution in [3.8, 4) is 0 Å². The van der Waals surface area contributed by atoms with Gasteiger partial charge in [0, 0.05) is 13.7 Å². The molecule has 0 aliphatic carbocycles. The lowest BCUT2D eigenvalue weighted by Gasteiger charge is -2.12. The Labute approximate surface area is 97.6 Å². The molecule has 5 heteroatoms. The van der Waals surface area contributed by atoms with E-state index in [0.29, 0.717) is 0 Å². The van der Waals surface area contributed by atoms with Gasteiger partial charge in [0.05, 0.1) is 10.2 Å². The molecule has 82 valence electrons. The second kappa shape index (κ2) is 4.45. The Bertz CT molecular complexity index is 364. The third-order valence-electron chi connectivity index (χ3n) is 2.49. The molecule has 2 rings (SSSR count). The molecule has 1 aliphatic rings. The average molecular weight is 272 g/mol. The first kappa shape index (κ1) is 10.8. The van der Waals surface area contributed by atoms with E-state index in [1.807, 2.05) is 14.0 Å². The van der Waals surface area contributed by atoms with Crippen LogP contribution < -0.4 is 5.32 Å². The first-order valence-electron chi connectivity index (χ1n) is 5.05. The summed E-state index contributed by atoms with van der Waals surface area (Å²) in [5, 5.41) is 3.05.